The lowest BCUT2D eigenvalue weighted by Crippen LogP contribution is -2.06. The number of hydrogen-bond donors (Lipinski definition) is 1. The van der Waals surface area contributed by atoms with Crippen LogP contribution in [0.2, 0.25) is 0 Å². The molecule has 0 aliphatic heterocycles. The molecule has 0 bridgehead atoms. The van der Waals surface area contributed by atoms with Crippen LogP contribution in [0.1, 0.15) is 38.2 Å². The third-order valence-corrected chi connectivity index (χ3v) is 2.79. The molecule has 0 saturated heterocycles. The molecule has 16 heavy (non-hydrogen) atoms. The van der Waals surface area contributed by atoms with E-state index in [-0.39, 0.29) is 0 Å². The average molecular weight is 219 g/mol. The van der Waals surface area contributed by atoms with Crippen LogP contribution in [0.15, 0.2) is 30.3 Å². The fourth-order valence-electron chi connectivity index (χ4n) is 1.07. The number of aryl methyl sites for hydroxylation is 1. The van der Waals surface area contributed by atoms with Gasteiger partial charge in [0.15, 0.2) is 0 Å². The summed E-state index contributed by atoms with van der Waals surface area (Å²) in [6.45, 7) is 4.36. The van der Waals surface area contributed by atoms with Gasteiger partial charge in [-0.1, -0.05) is 55.7 Å². The fraction of sp³-hybridized carbons (Fsp3) is 0.600. The molecule has 0 amide bonds. The summed E-state index contributed by atoms with van der Waals surface area (Å²) in [6, 6.07) is 11.1. The van der Waals surface area contributed by atoms with Gasteiger partial charge in [0, 0.05) is 6.04 Å². The molecular weight excluding hydrogens is 194 g/mol. The van der Waals surface area contributed by atoms with E-state index in [4.69, 9.17) is 0 Å². The summed E-state index contributed by atoms with van der Waals surface area (Å²) in [5, 5.41) is 3.14. The minimum Gasteiger partial charge on any atom is -0.317 e. The molecule has 0 spiro atoms. The van der Waals surface area contributed by atoms with Gasteiger partial charge in [0.1, 0.15) is 0 Å². The van der Waals surface area contributed by atoms with Crippen LogP contribution in [-0.4, -0.2) is 13.1 Å². The van der Waals surface area contributed by atoms with Gasteiger partial charge in [0.2, 0.25) is 0 Å². The topological polar surface area (TPSA) is 12.0 Å². The van der Waals surface area contributed by atoms with E-state index in [9.17, 15) is 0 Å². The van der Waals surface area contributed by atoms with Crippen molar-refractivity contribution in [2.75, 3.05) is 7.05 Å². The summed E-state index contributed by atoms with van der Waals surface area (Å²) in [5.74, 6) is 1.08. The molecule has 2 fully saturated rings. The summed E-state index contributed by atoms with van der Waals surface area (Å²) in [4.78, 5) is 0. The van der Waals surface area contributed by atoms with Gasteiger partial charge in [0.05, 0.1) is 0 Å². The van der Waals surface area contributed by atoms with Crippen molar-refractivity contribution >= 4 is 0 Å². The molecule has 0 atom stereocenters. The summed E-state index contributed by atoms with van der Waals surface area (Å²) in [6.07, 6.45) is 5.77. The number of hydrogen-bond acceptors (Lipinski definition) is 1. The Morgan fingerprint density at radius 1 is 1.00 bits per heavy atom. The predicted molar refractivity (Wildman–Crippen MR) is 71.7 cm³/mol. The molecule has 3 rings (SSSR count). The van der Waals surface area contributed by atoms with Crippen molar-refractivity contribution in [2.45, 2.75) is 45.6 Å². The van der Waals surface area contributed by atoms with Crippen LogP contribution in [0.5, 0.6) is 0 Å². The van der Waals surface area contributed by atoms with E-state index in [1.807, 2.05) is 25.2 Å². The maximum absolute atomic E-state index is 3.14. The first-order valence-corrected chi connectivity index (χ1v) is 6.41. The lowest BCUT2D eigenvalue weighted by molar-refractivity contribution is 0.811. The van der Waals surface area contributed by atoms with Gasteiger partial charge < -0.3 is 5.32 Å². The van der Waals surface area contributed by atoms with E-state index in [1.54, 1.807) is 0 Å². The summed E-state index contributed by atoms with van der Waals surface area (Å²) in [7, 11) is 2.01. The van der Waals surface area contributed by atoms with Gasteiger partial charge in [-0.2, -0.15) is 0 Å². The van der Waals surface area contributed by atoms with Crippen LogP contribution in [0.3, 0.4) is 0 Å². The zero-order chi connectivity index (χ0) is 11.8. The molecule has 1 heteroatoms. The highest BCUT2D eigenvalue weighted by Gasteiger charge is 2.17. The van der Waals surface area contributed by atoms with Crippen molar-refractivity contribution < 1.29 is 0 Å². The Balaban J connectivity index is 0.000000125. The largest absolute Gasteiger partial charge is 0.317 e. The molecule has 2 saturated carbocycles. The molecule has 1 nitrogen and oxygen atoms in total. The smallest absolute Gasteiger partial charge is 0.00652 e. The Bertz CT molecular complexity index is 260. The van der Waals surface area contributed by atoms with Crippen molar-refractivity contribution in [3.8, 4) is 0 Å². The Labute approximate surface area is 100 Å². The van der Waals surface area contributed by atoms with E-state index in [0.717, 1.165) is 12.0 Å². The molecule has 0 aromatic heterocycles. The van der Waals surface area contributed by atoms with Gasteiger partial charge in [-0.15, -0.1) is 0 Å². The highest BCUT2D eigenvalue weighted by Crippen LogP contribution is 2.26. The van der Waals surface area contributed by atoms with E-state index in [1.165, 1.54) is 31.2 Å². The molecule has 0 heterocycles. The zero-order valence-electron chi connectivity index (χ0n) is 10.9. The zero-order valence-corrected chi connectivity index (χ0v) is 10.9. The van der Waals surface area contributed by atoms with Crippen molar-refractivity contribution in [3.05, 3.63) is 35.9 Å². The molecule has 0 radical (unpaired) electrons. The van der Waals surface area contributed by atoms with E-state index < -0.39 is 0 Å². The standard InChI is InChI=1S/C7H8.C4H9N.C4H8/c1-7-5-3-2-4-6-7;1-5-4-2-3-4;1-4-2-3-4/h2-6H,1H3;4-5H,2-3H2,1H3;4H,2-3H2,1H3. The number of benzene rings is 1. The third kappa shape index (κ3) is 8.49. The first kappa shape index (κ1) is 13.2. The van der Waals surface area contributed by atoms with Gasteiger partial charge in [-0.25, -0.2) is 0 Å². The summed E-state index contributed by atoms with van der Waals surface area (Å²) < 4.78 is 0. The Morgan fingerprint density at radius 2 is 1.50 bits per heavy atom. The van der Waals surface area contributed by atoms with Crippen LogP contribution >= 0.6 is 0 Å². The number of rotatable bonds is 1. The molecule has 2 aliphatic rings. The van der Waals surface area contributed by atoms with Crippen molar-refractivity contribution in [1.29, 1.82) is 0 Å². The quantitative estimate of drug-likeness (QED) is 0.758. The Hall–Kier alpha value is -0.820. The highest BCUT2D eigenvalue weighted by atomic mass is 14.9. The minimum absolute atomic E-state index is 0.884. The van der Waals surface area contributed by atoms with E-state index in [0.29, 0.717) is 0 Å². The Morgan fingerprint density at radius 3 is 1.62 bits per heavy atom. The molecule has 0 unspecified atom stereocenters. The maximum Gasteiger partial charge on any atom is 0.00652 e. The Kier molecular flexibility index (Phi) is 6.17. The summed E-state index contributed by atoms with van der Waals surface area (Å²) in [5.41, 5.74) is 1.32. The molecule has 90 valence electrons. The van der Waals surface area contributed by atoms with Crippen LogP contribution < -0.4 is 5.32 Å². The minimum atomic E-state index is 0.884. The van der Waals surface area contributed by atoms with E-state index in [2.05, 4.69) is 31.3 Å². The maximum atomic E-state index is 3.14. The molecular formula is C15H25N. The third-order valence-electron chi connectivity index (χ3n) is 2.79. The second-order valence-electron chi connectivity index (χ2n) is 4.90. The first-order chi connectivity index (χ1) is 7.72. The highest BCUT2D eigenvalue weighted by molar-refractivity contribution is 5.11. The molecule has 2 aliphatic carbocycles. The lowest BCUT2D eigenvalue weighted by atomic mass is 10.2. The second kappa shape index (κ2) is 7.45. The average Bonchev–Trinajstić information content (AvgIpc) is 3.15. The second-order valence-corrected chi connectivity index (χ2v) is 4.90. The molecule has 1 aromatic rings. The van der Waals surface area contributed by atoms with Crippen LogP contribution in [0.25, 0.3) is 0 Å². The monoisotopic (exact) mass is 219 g/mol. The fourth-order valence-corrected chi connectivity index (χ4v) is 1.07. The number of nitrogens with one attached hydrogen (secondary N) is 1. The van der Waals surface area contributed by atoms with Crippen LogP contribution in [0.4, 0.5) is 0 Å². The molecule has 1 aromatic carbocycles. The first-order valence-electron chi connectivity index (χ1n) is 6.41. The van der Waals surface area contributed by atoms with Crippen molar-refractivity contribution in [2.24, 2.45) is 5.92 Å². The molecule has 1 N–H and O–H groups in total. The predicted octanol–water partition coefficient (Wildman–Crippen LogP) is 3.78. The van der Waals surface area contributed by atoms with Crippen LogP contribution in [-0.2, 0) is 0 Å². The van der Waals surface area contributed by atoms with Crippen molar-refractivity contribution in [3.63, 3.8) is 0 Å². The van der Waals surface area contributed by atoms with Gasteiger partial charge in [-0.3, -0.25) is 0 Å². The van der Waals surface area contributed by atoms with Gasteiger partial charge in [-0.05, 0) is 32.7 Å². The van der Waals surface area contributed by atoms with Crippen molar-refractivity contribution in [1.82, 2.24) is 5.32 Å². The van der Waals surface area contributed by atoms with E-state index >= 15 is 0 Å². The summed E-state index contributed by atoms with van der Waals surface area (Å²) >= 11 is 0. The van der Waals surface area contributed by atoms with Gasteiger partial charge >= 0.3 is 0 Å². The van der Waals surface area contributed by atoms with Gasteiger partial charge in [0.25, 0.3) is 0 Å². The lowest BCUT2D eigenvalue weighted by Gasteiger charge is -1.82. The SMILES string of the molecule is CC1CC1.CNC1CC1.Cc1ccccc1. The normalized spacial score (nSPS) is 17.7. The van der Waals surface area contributed by atoms with Crippen LogP contribution in [0, 0.1) is 12.8 Å².